The van der Waals surface area contributed by atoms with Crippen molar-refractivity contribution >= 4 is 11.3 Å². The van der Waals surface area contributed by atoms with Crippen molar-refractivity contribution in [2.75, 3.05) is 0 Å². The highest BCUT2D eigenvalue weighted by Gasteiger charge is 2.10. The van der Waals surface area contributed by atoms with E-state index in [9.17, 15) is 4.39 Å². The molecule has 16 heavy (non-hydrogen) atoms. The van der Waals surface area contributed by atoms with Crippen LogP contribution in [-0.2, 0) is 6.42 Å². The van der Waals surface area contributed by atoms with Crippen molar-refractivity contribution in [2.24, 2.45) is 0 Å². The Morgan fingerprint density at radius 3 is 2.56 bits per heavy atom. The first-order chi connectivity index (χ1) is 7.70. The lowest BCUT2D eigenvalue weighted by Crippen LogP contribution is -1.85. The van der Waals surface area contributed by atoms with Gasteiger partial charge < -0.3 is 0 Å². The van der Waals surface area contributed by atoms with Crippen molar-refractivity contribution in [3.63, 3.8) is 0 Å². The summed E-state index contributed by atoms with van der Waals surface area (Å²) in [6.45, 7) is 4.17. The van der Waals surface area contributed by atoms with Crippen LogP contribution in [0.2, 0.25) is 0 Å². The Kier molecular flexibility index (Phi) is 3.34. The lowest BCUT2D eigenvalue weighted by Gasteiger charge is -2.00. The number of hydrogen-bond donors (Lipinski definition) is 0. The SMILES string of the molecule is CCCc1sc(C)nc1-c1ccc(F)cc1. The molecule has 1 aromatic heterocycles. The summed E-state index contributed by atoms with van der Waals surface area (Å²) in [5.41, 5.74) is 2.03. The maximum absolute atomic E-state index is 12.8. The highest BCUT2D eigenvalue weighted by molar-refractivity contribution is 7.12. The minimum absolute atomic E-state index is 0.201. The lowest BCUT2D eigenvalue weighted by molar-refractivity contribution is 0.628. The van der Waals surface area contributed by atoms with Gasteiger partial charge in [-0.05, 0) is 37.6 Å². The third kappa shape index (κ3) is 2.30. The van der Waals surface area contributed by atoms with Crippen molar-refractivity contribution in [3.8, 4) is 11.3 Å². The zero-order valence-corrected chi connectivity index (χ0v) is 10.3. The van der Waals surface area contributed by atoms with Gasteiger partial charge in [-0.3, -0.25) is 0 Å². The monoisotopic (exact) mass is 235 g/mol. The topological polar surface area (TPSA) is 12.9 Å². The largest absolute Gasteiger partial charge is 0.241 e. The maximum Gasteiger partial charge on any atom is 0.123 e. The minimum Gasteiger partial charge on any atom is -0.241 e. The molecule has 0 spiro atoms. The number of nitrogens with zero attached hydrogens (tertiary/aromatic N) is 1. The highest BCUT2D eigenvalue weighted by Crippen LogP contribution is 2.29. The van der Waals surface area contributed by atoms with Gasteiger partial charge in [-0.15, -0.1) is 11.3 Å². The first-order valence-electron chi connectivity index (χ1n) is 5.43. The van der Waals surface area contributed by atoms with Crippen LogP contribution in [0.4, 0.5) is 4.39 Å². The van der Waals surface area contributed by atoms with E-state index < -0.39 is 0 Å². The van der Waals surface area contributed by atoms with Crippen LogP contribution in [0.5, 0.6) is 0 Å². The summed E-state index contributed by atoms with van der Waals surface area (Å²) in [6.07, 6.45) is 2.15. The van der Waals surface area contributed by atoms with Crippen molar-refractivity contribution in [1.29, 1.82) is 0 Å². The molecule has 0 aliphatic carbocycles. The van der Waals surface area contributed by atoms with Crippen LogP contribution < -0.4 is 0 Å². The summed E-state index contributed by atoms with van der Waals surface area (Å²) < 4.78 is 12.8. The predicted octanol–water partition coefficient (Wildman–Crippen LogP) is 4.21. The highest BCUT2D eigenvalue weighted by atomic mass is 32.1. The first kappa shape index (κ1) is 11.3. The summed E-state index contributed by atoms with van der Waals surface area (Å²) in [5.74, 6) is -0.201. The van der Waals surface area contributed by atoms with Gasteiger partial charge in [0.1, 0.15) is 5.82 Å². The molecule has 1 heterocycles. The molecular weight excluding hydrogens is 221 g/mol. The second-order valence-electron chi connectivity index (χ2n) is 3.76. The molecule has 2 rings (SSSR count). The predicted molar refractivity (Wildman–Crippen MR) is 66.2 cm³/mol. The molecule has 0 atom stereocenters. The zero-order valence-electron chi connectivity index (χ0n) is 9.46. The van der Waals surface area contributed by atoms with E-state index >= 15 is 0 Å². The lowest BCUT2D eigenvalue weighted by atomic mass is 10.1. The Balaban J connectivity index is 2.42. The molecule has 0 N–H and O–H groups in total. The van der Waals surface area contributed by atoms with E-state index in [2.05, 4.69) is 11.9 Å². The smallest absolute Gasteiger partial charge is 0.123 e. The Morgan fingerprint density at radius 1 is 1.25 bits per heavy atom. The van der Waals surface area contributed by atoms with Crippen LogP contribution >= 0.6 is 11.3 Å². The van der Waals surface area contributed by atoms with E-state index in [-0.39, 0.29) is 5.82 Å². The number of aromatic nitrogens is 1. The van der Waals surface area contributed by atoms with Gasteiger partial charge in [-0.1, -0.05) is 13.3 Å². The molecule has 0 bridgehead atoms. The molecule has 0 unspecified atom stereocenters. The molecule has 2 aromatic rings. The summed E-state index contributed by atoms with van der Waals surface area (Å²) in [7, 11) is 0. The Labute approximate surface area is 99.0 Å². The van der Waals surface area contributed by atoms with Crippen LogP contribution in [0.15, 0.2) is 24.3 Å². The molecule has 0 fully saturated rings. The van der Waals surface area contributed by atoms with Crippen LogP contribution in [0.3, 0.4) is 0 Å². The minimum atomic E-state index is -0.201. The van der Waals surface area contributed by atoms with E-state index in [1.54, 1.807) is 23.5 Å². The van der Waals surface area contributed by atoms with Gasteiger partial charge in [-0.25, -0.2) is 9.37 Å². The van der Waals surface area contributed by atoms with Gasteiger partial charge in [0.05, 0.1) is 10.7 Å². The van der Waals surface area contributed by atoms with Gasteiger partial charge in [0, 0.05) is 10.4 Å². The van der Waals surface area contributed by atoms with Crippen LogP contribution in [-0.4, -0.2) is 4.98 Å². The molecule has 0 amide bonds. The summed E-state index contributed by atoms with van der Waals surface area (Å²) in [4.78, 5) is 5.82. The van der Waals surface area contributed by atoms with Crippen LogP contribution in [0.1, 0.15) is 23.2 Å². The first-order valence-corrected chi connectivity index (χ1v) is 6.24. The summed E-state index contributed by atoms with van der Waals surface area (Å²) in [5, 5.41) is 1.07. The van der Waals surface area contributed by atoms with Crippen molar-refractivity contribution in [2.45, 2.75) is 26.7 Å². The van der Waals surface area contributed by atoms with E-state index in [1.165, 1.54) is 17.0 Å². The van der Waals surface area contributed by atoms with E-state index in [4.69, 9.17) is 0 Å². The average molecular weight is 235 g/mol. The molecule has 0 aliphatic rings. The molecular formula is C13H14FNS. The molecule has 0 radical (unpaired) electrons. The van der Waals surface area contributed by atoms with Crippen LogP contribution in [0.25, 0.3) is 11.3 Å². The molecule has 1 nitrogen and oxygen atoms in total. The quantitative estimate of drug-likeness (QED) is 0.776. The van der Waals surface area contributed by atoms with E-state index in [1.807, 2.05) is 6.92 Å². The number of rotatable bonds is 3. The number of benzene rings is 1. The number of aryl methyl sites for hydroxylation is 2. The van der Waals surface area contributed by atoms with Gasteiger partial charge >= 0.3 is 0 Å². The Bertz CT molecular complexity index is 473. The third-order valence-electron chi connectivity index (χ3n) is 2.40. The maximum atomic E-state index is 12.8. The Morgan fingerprint density at radius 2 is 1.94 bits per heavy atom. The fraction of sp³-hybridized carbons (Fsp3) is 0.308. The summed E-state index contributed by atoms with van der Waals surface area (Å²) >= 11 is 1.73. The van der Waals surface area contributed by atoms with Gasteiger partial charge in [0.2, 0.25) is 0 Å². The zero-order chi connectivity index (χ0) is 11.5. The van der Waals surface area contributed by atoms with Crippen molar-refractivity contribution in [1.82, 2.24) is 4.98 Å². The number of hydrogen-bond acceptors (Lipinski definition) is 2. The van der Waals surface area contributed by atoms with Crippen molar-refractivity contribution < 1.29 is 4.39 Å². The second-order valence-corrected chi connectivity index (χ2v) is 5.05. The van der Waals surface area contributed by atoms with E-state index in [0.29, 0.717) is 0 Å². The molecule has 1 aromatic carbocycles. The molecule has 0 saturated heterocycles. The fourth-order valence-corrected chi connectivity index (χ4v) is 2.76. The number of halogens is 1. The average Bonchev–Trinajstić information content (AvgIpc) is 2.61. The van der Waals surface area contributed by atoms with Gasteiger partial charge in [0.15, 0.2) is 0 Å². The molecule has 84 valence electrons. The van der Waals surface area contributed by atoms with Crippen LogP contribution in [0, 0.1) is 12.7 Å². The summed E-state index contributed by atoms with van der Waals surface area (Å²) in [6, 6.07) is 6.56. The molecule has 3 heteroatoms. The third-order valence-corrected chi connectivity index (χ3v) is 3.43. The van der Waals surface area contributed by atoms with Gasteiger partial charge in [-0.2, -0.15) is 0 Å². The molecule has 0 saturated carbocycles. The number of thiazole rings is 1. The standard InChI is InChI=1S/C13H14FNS/c1-3-4-12-13(15-9(2)16-12)10-5-7-11(14)8-6-10/h5-8H,3-4H2,1-2H3. The molecule has 0 aliphatic heterocycles. The normalized spacial score (nSPS) is 10.7. The fourth-order valence-electron chi connectivity index (χ4n) is 1.70. The second kappa shape index (κ2) is 4.74. The van der Waals surface area contributed by atoms with Crippen molar-refractivity contribution in [3.05, 3.63) is 40.0 Å². The van der Waals surface area contributed by atoms with E-state index in [0.717, 1.165) is 29.1 Å². The Hall–Kier alpha value is -1.22. The van der Waals surface area contributed by atoms with Gasteiger partial charge in [0.25, 0.3) is 0 Å².